The molecule has 10 nitrogen and oxygen atoms in total. The van der Waals surface area contributed by atoms with E-state index < -0.39 is 18.0 Å². The minimum absolute atomic E-state index is 0.0566. The first kappa shape index (κ1) is 33.6. The first-order valence-corrected chi connectivity index (χ1v) is 13.7. The van der Waals surface area contributed by atoms with Crippen LogP contribution in [-0.2, 0) is 30.5 Å². The molecule has 5 N–H and O–H groups in total. The Kier molecular flexibility index (Phi) is 14.8. The SMILES string of the molecule is CC(C)CCC(=O)N[C@H](C(=O)C[C@@H](CCCNC(N)=O)C(=O)Nc1ccc(COC(=O)C(C)C)cc1)C(C)C. The number of hydrogen-bond donors (Lipinski definition) is 4. The quantitative estimate of drug-likeness (QED) is 0.171. The van der Waals surface area contributed by atoms with Crippen LogP contribution in [0.25, 0.3) is 0 Å². The summed E-state index contributed by atoms with van der Waals surface area (Å²) in [5.74, 6) is -1.68. The van der Waals surface area contributed by atoms with Gasteiger partial charge >= 0.3 is 12.0 Å². The third kappa shape index (κ3) is 13.8. The van der Waals surface area contributed by atoms with Gasteiger partial charge in [0.1, 0.15) is 6.61 Å². The molecule has 0 spiro atoms. The molecule has 0 aromatic heterocycles. The Morgan fingerprint density at radius 3 is 2.10 bits per heavy atom. The number of ketones is 1. The van der Waals surface area contributed by atoms with Gasteiger partial charge in [0.15, 0.2) is 5.78 Å². The number of anilines is 1. The summed E-state index contributed by atoms with van der Waals surface area (Å²) in [6.07, 6.45) is 1.79. The lowest BCUT2D eigenvalue weighted by atomic mass is 9.89. The Bertz CT molecular complexity index is 959. The molecule has 39 heavy (non-hydrogen) atoms. The van der Waals surface area contributed by atoms with Crippen molar-refractivity contribution >= 4 is 35.3 Å². The van der Waals surface area contributed by atoms with Crippen LogP contribution < -0.4 is 21.7 Å². The number of Topliss-reactive ketones (excluding diaryl/α,β-unsaturated/α-hetero) is 1. The first-order valence-electron chi connectivity index (χ1n) is 13.7. The molecule has 0 radical (unpaired) electrons. The van der Waals surface area contributed by atoms with Gasteiger partial charge in [-0.05, 0) is 48.8 Å². The predicted octanol–water partition coefficient (Wildman–Crippen LogP) is 3.93. The number of nitrogens with one attached hydrogen (secondary N) is 3. The standard InChI is InChI=1S/C29H46N4O6/c1-18(2)9-14-25(35)33-26(19(3)4)24(34)16-22(8-7-15-31-29(30)38)27(36)32-23-12-10-21(11-13-23)17-39-28(37)20(5)6/h10-13,18-20,22,26H,7-9,14-17H2,1-6H3,(H,32,36)(H,33,35)(H3,30,31,38)/t22-,26+/m1/s1. The normalized spacial score (nSPS) is 12.6. The van der Waals surface area contributed by atoms with Crippen molar-refractivity contribution in [3.05, 3.63) is 29.8 Å². The molecule has 1 rings (SSSR count). The molecule has 0 fully saturated rings. The molecule has 4 amide bonds. The van der Waals surface area contributed by atoms with E-state index in [1.807, 2.05) is 27.7 Å². The fourth-order valence-corrected chi connectivity index (χ4v) is 3.79. The lowest BCUT2D eigenvalue weighted by Gasteiger charge is -2.24. The molecule has 0 aliphatic heterocycles. The zero-order valence-electron chi connectivity index (χ0n) is 24.2. The summed E-state index contributed by atoms with van der Waals surface area (Å²) in [5, 5.41) is 8.20. The molecule has 0 saturated carbocycles. The van der Waals surface area contributed by atoms with Gasteiger partial charge in [-0.3, -0.25) is 19.2 Å². The third-order valence-corrected chi connectivity index (χ3v) is 6.20. The smallest absolute Gasteiger partial charge is 0.312 e. The maximum absolute atomic E-state index is 13.3. The molecule has 1 aromatic carbocycles. The first-order chi connectivity index (χ1) is 18.3. The molecule has 1 aromatic rings. The van der Waals surface area contributed by atoms with Crippen molar-refractivity contribution in [3.63, 3.8) is 0 Å². The highest BCUT2D eigenvalue weighted by atomic mass is 16.5. The van der Waals surface area contributed by atoms with Crippen LogP contribution in [0, 0.1) is 23.7 Å². The summed E-state index contributed by atoms with van der Waals surface area (Å²) in [5.41, 5.74) is 6.44. The van der Waals surface area contributed by atoms with Crippen LogP contribution in [0.3, 0.4) is 0 Å². The molecule has 218 valence electrons. The number of carbonyl (C=O) groups is 5. The predicted molar refractivity (Wildman–Crippen MR) is 150 cm³/mol. The number of primary amides is 1. The van der Waals surface area contributed by atoms with Crippen molar-refractivity contribution < 1.29 is 28.7 Å². The Morgan fingerprint density at radius 2 is 1.56 bits per heavy atom. The summed E-state index contributed by atoms with van der Waals surface area (Å²) < 4.78 is 5.23. The number of carbonyl (C=O) groups excluding carboxylic acids is 5. The molecule has 0 bridgehead atoms. The fourth-order valence-electron chi connectivity index (χ4n) is 3.79. The Labute approximate surface area is 232 Å². The van der Waals surface area contributed by atoms with Gasteiger partial charge in [-0.25, -0.2) is 4.79 Å². The van der Waals surface area contributed by atoms with Crippen LogP contribution in [-0.4, -0.2) is 42.2 Å². The molecule has 0 aliphatic carbocycles. The zero-order valence-corrected chi connectivity index (χ0v) is 24.2. The maximum Gasteiger partial charge on any atom is 0.312 e. The highest BCUT2D eigenvalue weighted by molar-refractivity contribution is 5.97. The second-order valence-corrected chi connectivity index (χ2v) is 11.0. The second-order valence-electron chi connectivity index (χ2n) is 11.0. The van der Waals surface area contributed by atoms with Crippen molar-refractivity contribution in [2.24, 2.45) is 29.4 Å². The minimum Gasteiger partial charge on any atom is -0.461 e. The lowest BCUT2D eigenvalue weighted by molar-refractivity contribution is -0.148. The van der Waals surface area contributed by atoms with Gasteiger partial charge in [0.05, 0.1) is 12.0 Å². The van der Waals surface area contributed by atoms with Gasteiger partial charge in [0.25, 0.3) is 0 Å². The zero-order chi connectivity index (χ0) is 29.5. The maximum atomic E-state index is 13.3. The van der Waals surface area contributed by atoms with Crippen LogP contribution in [0.4, 0.5) is 10.5 Å². The van der Waals surface area contributed by atoms with E-state index in [0.717, 1.165) is 12.0 Å². The van der Waals surface area contributed by atoms with E-state index in [1.54, 1.807) is 38.1 Å². The number of amides is 4. The van der Waals surface area contributed by atoms with E-state index in [9.17, 15) is 24.0 Å². The summed E-state index contributed by atoms with van der Waals surface area (Å²) in [6.45, 7) is 11.7. The molecular weight excluding hydrogens is 500 g/mol. The molecule has 0 unspecified atom stereocenters. The highest BCUT2D eigenvalue weighted by Gasteiger charge is 2.29. The fraction of sp³-hybridized carbons (Fsp3) is 0.621. The number of benzene rings is 1. The summed E-state index contributed by atoms with van der Waals surface area (Å²) in [4.78, 5) is 61.6. The summed E-state index contributed by atoms with van der Waals surface area (Å²) in [6, 6.07) is 5.56. The molecular formula is C29H46N4O6. The van der Waals surface area contributed by atoms with E-state index in [1.165, 1.54) is 0 Å². The van der Waals surface area contributed by atoms with E-state index in [2.05, 4.69) is 16.0 Å². The average molecular weight is 547 g/mol. The van der Waals surface area contributed by atoms with Crippen molar-refractivity contribution in [2.75, 3.05) is 11.9 Å². The van der Waals surface area contributed by atoms with E-state index in [4.69, 9.17) is 10.5 Å². The molecule has 0 aliphatic rings. The van der Waals surface area contributed by atoms with Crippen molar-refractivity contribution in [3.8, 4) is 0 Å². The molecule has 0 saturated heterocycles. The third-order valence-electron chi connectivity index (χ3n) is 6.20. The lowest BCUT2D eigenvalue weighted by Crippen LogP contribution is -2.45. The van der Waals surface area contributed by atoms with Gasteiger partial charge in [-0.15, -0.1) is 0 Å². The van der Waals surface area contributed by atoms with Gasteiger partial charge < -0.3 is 26.4 Å². The number of nitrogens with two attached hydrogens (primary N) is 1. The van der Waals surface area contributed by atoms with Crippen LogP contribution >= 0.6 is 0 Å². The number of urea groups is 1. The van der Waals surface area contributed by atoms with Crippen LogP contribution in [0.15, 0.2) is 24.3 Å². The number of rotatable bonds is 17. The average Bonchev–Trinajstić information content (AvgIpc) is 2.86. The molecule has 0 heterocycles. The largest absolute Gasteiger partial charge is 0.461 e. The summed E-state index contributed by atoms with van der Waals surface area (Å²) >= 11 is 0. The van der Waals surface area contributed by atoms with Gasteiger partial charge in [-0.1, -0.05) is 53.7 Å². The summed E-state index contributed by atoms with van der Waals surface area (Å²) in [7, 11) is 0. The Morgan fingerprint density at radius 1 is 0.923 bits per heavy atom. The Balaban J connectivity index is 2.89. The van der Waals surface area contributed by atoms with Gasteiger partial charge in [0.2, 0.25) is 11.8 Å². The van der Waals surface area contributed by atoms with Crippen molar-refractivity contribution in [2.45, 2.75) is 86.3 Å². The second kappa shape index (κ2) is 17.2. The highest BCUT2D eigenvalue weighted by Crippen LogP contribution is 2.20. The minimum atomic E-state index is -0.698. The van der Waals surface area contributed by atoms with E-state index in [0.29, 0.717) is 30.9 Å². The van der Waals surface area contributed by atoms with Crippen molar-refractivity contribution in [1.82, 2.24) is 10.6 Å². The van der Waals surface area contributed by atoms with E-state index in [-0.39, 0.29) is 55.0 Å². The number of esters is 1. The van der Waals surface area contributed by atoms with Gasteiger partial charge in [0, 0.05) is 31.0 Å². The van der Waals surface area contributed by atoms with Crippen LogP contribution in [0.1, 0.15) is 79.2 Å². The topological polar surface area (TPSA) is 157 Å². The van der Waals surface area contributed by atoms with Gasteiger partial charge in [-0.2, -0.15) is 0 Å². The Hall–Kier alpha value is -3.43. The molecule has 2 atom stereocenters. The van der Waals surface area contributed by atoms with E-state index >= 15 is 0 Å². The number of ether oxygens (including phenoxy) is 1. The van der Waals surface area contributed by atoms with Crippen LogP contribution in [0.5, 0.6) is 0 Å². The monoisotopic (exact) mass is 546 g/mol. The molecule has 10 heteroatoms. The van der Waals surface area contributed by atoms with Crippen molar-refractivity contribution in [1.29, 1.82) is 0 Å². The number of hydrogen-bond acceptors (Lipinski definition) is 6. The van der Waals surface area contributed by atoms with Crippen LogP contribution in [0.2, 0.25) is 0 Å².